The Labute approximate surface area is 109 Å². The Balaban J connectivity index is 2.07. The number of thiazole rings is 1. The molecule has 2 aromatic rings. The SMILES string of the molecule is CC(NC(C)c1cncs1)c1ccc(F)c(F)c1. The van der Waals surface area contributed by atoms with Crippen molar-refractivity contribution in [1.29, 1.82) is 0 Å². The highest BCUT2D eigenvalue weighted by molar-refractivity contribution is 7.09. The molecule has 18 heavy (non-hydrogen) atoms. The van der Waals surface area contributed by atoms with Crippen LogP contribution in [-0.2, 0) is 0 Å². The van der Waals surface area contributed by atoms with Gasteiger partial charge >= 0.3 is 0 Å². The molecule has 2 atom stereocenters. The normalized spacial score (nSPS) is 14.4. The number of nitrogens with zero attached hydrogens (tertiary/aromatic N) is 1. The molecule has 0 radical (unpaired) electrons. The van der Waals surface area contributed by atoms with Crippen LogP contribution in [0.5, 0.6) is 0 Å². The smallest absolute Gasteiger partial charge is 0.159 e. The largest absolute Gasteiger partial charge is 0.303 e. The summed E-state index contributed by atoms with van der Waals surface area (Å²) >= 11 is 1.57. The molecule has 5 heteroatoms. The Morgan fingerprint density at radius 1 is 1.17 bits per heavy atom. The Morgan fingerprint density at radius 2 is 1.94 bits per heavy atom. The fraction of sp³-hybridized carbons (Fsp3) is 0.308. The first-order valence-electron chi connectivity index (χ1n) is 5.67. The quantitative estimate of drug-likeness (QED) is 0.911. The first-order valence-corrected chi connectivity index (χ1v) is 6.55. The summed E-state index contributed by atoms with van der Waals surface area (Å²) in [5.74, 6) is -1.63. The molecule has 0 aliphatic carbocycles. The van der Waals surface area contributed by atoms with E-state index in [1.165, 1.54) is 6.07 Å². The van der Waals surface area contributed by atoms with Gasteiger partial charge in [-0.05, 0) is 31.5 Å². The van der Waals surface area contributed by atoms with Gasteiger partial charge in [0.1, 0.15) is 0 Å². The molecule has 0 saturated carbocycles. The number of nitrogens with one attached hydrogen (secondary N) is 1. The second kappa shape index (κ2) is 5.54. The van der Waals surface area contributed by atoms with Crippen LogP contribution >= 0.6 is 11.3 Å². The third kappa shape index (κ3) is 2.91. The molecule has 1 N–H and O–H groups in total. The second-order valence-electron chi connectivity index (χ2n) is 4.19. The lowest BCUT2D eigenvalue weighted by Crippen LogP contribution is -2.22. The maximum atomic E-state index is 13.1. The number of aromatic nitrogens is 1. The average molecular weight is 268 g/mol. The second-order valence-corrected chi connectivity index (χ2v) is 5.11. The highest BCUT2D eigenvalue weighted by Gasteiger charge is 2.13. The predicted molar refractivity (Wildman–Crippen MR) is 68.4 cm³/mol. The molecule has 96 valence electrons. The minimum absolute atomic E-state index is 0.0581. The summed E-state index contributed by atoms with van der Waals surface area (Å²) < 4.78 is 26.0. The summed E-state index contributed by atoms with van der Waals surface area (Å²) in [5, 5.41) is 3.33. The standard InChI is InChI=1S/C13H14F2N2S/c1-8(10-3-4-11(14)12(15)5-10)17-9(2)13-6-16-7-18-13/h3-9,17H,1-2H3. The van der Waals surface area contributed by atoms with Crippen LogP contribution in [0.2, 0.25) is 0 Å². The van der Waals surface area contributed by atoms with Crippen LogP contribution in [0, 0.1) is 11.6 Å². The van der Waals surface area contributed by atoms with E-state index in [0.717, 1.165) is 16.5 Å². The highest BCUT2D eigenvalue weighted by Crippen LogP contribution is 2.22. The number of halogens is 2. The first kappa shape index (κ1) is 13.1. The average Bonchev–Trinajstić information content (AvgIpc) is 2.86. The third-order valence-electron chi connectivity index (χ3n) is 2.82. The summed E-state index contributed by atoms with van der Waals surface area (Å²) in [6.07, 6.45) is 1.81. The van der Waals surface area contributed by atoms with Crippen molar-refractivity contribution in [3.05, 3.63) is 52.0 Å². The van der Waals surface area contributed by atoms with Crippen LogP contribution in [0.1, 0.15) is 36.4 Å². The molecule has 2 unspecified atom stereocenters. The van der Waals surface area contributed by atoms with Gasteiger partial charge in [0.05, 0.1) is 5.51 Å². The van der Waals surface area contributed by atoms with Gasteiger partial charge in [0, 0.05) is 23.2 Å². The van der Waals surface area contributed by atoms with Crippen molar-refractivity contribution >= 4 is 11.3 Å². The lowest BCUT2D eigenvalue weighted by Gasteiger charge is -2.19. The molecular weight excluding hydrogens is 254 g/mol. The van der Waals surface area contributed by atoms with E-state index in [-0.39, 0.29) is 12.1 Å². The summed E-state index contributed by atoms with van der Waals surface area (Å²) in [6.45, 7) is 3.94. The van der Waals surface area contributed by atoms with Gasteiger partial charge in [-0.2, -0.15) is 0 Å². The molecule has 0 fully saturated rings. The molecule has 0 amide bonds. The topological polar surface area (TPSA) is 24.9 Å². The minimum Gasteiger partial charge on any atom is -0.303 e. The maximum absolute atomic E-state index is 13.1. The molecule has 1 aromatic carbocycles. The highest BCUT2D eigenvalue weighted by atomic mass is 32.1. The summed E-state index contributed by atoms with van der Waals surface area (Å²) in [7, 11) is 0. The third-order valence-corrected chi connectivity index (χ3v) is 3.78. The molecule has 0 spiro atoms. The van der Waals surface area contributed by atoms with E-state index in [0.29, 0.717) is 0 Å². The zero-order valence-corrected chi connectivity index (χ0v) is 11.0. The van der Waals surface area contributed by atoms with Crippen molar-refractivity contribution < 1.29 is 8.78 Å². The number of hydrogen-bond acceptors (Lipinski definition) is 3. The Bertz CT molecular complexity index is 514. The van der Waals surface area contributed by atoms with Crippen LogP contribution in [-0.4, -0.2) is 4.98 Å². The molecule has 0 saturated heterocycles. The Kier molecular flexibility index (Phi) is 4.04. The van der Waals surface area contributed by atoms with Crippen LogP contribution in [0.4, 0.5) is 8.78 Å². The fourth-order valence-corrected chi connectivity index (χ4v) is 2.41. The van der Waals surface area contributed by atoms with Crippen molar-refractivity contribution in [1.82, 2.24) is 10.3 Å². The molecule has 0 aliphatic rings. The van der Waals surface area contributed by atoms with Crippen molar-refractivity contribution in [2.75, 3.05) is 0 Å². The van der Waals surface area contributed by atoms with E-state index in [1.807, 2.05) is 13.8 Å². The van der Waals surface area contributed by atoms with Gasteiger partial charge in [0.25, 0.3) is 0 Å². The van der Waals surface area contributed by atoms with Crippen molar-refractivity contribution in [2.24, 2.45) is 0 Å². The van der Waals surface area contributed by atoms with E-state index in [1.54, 1.807) is 29.1 Å². The van der Waals surface area contributed by atoms with Crippen LogP contribution in [0.15, 0.2) is 29.9 Å². The molecule has 2 rings (SSSR count). The van der Waals surface area contributed by atoms with Crippen LogP contribution in [0.3, 0.4) is 0 Å². The van der Waals surface area contributed by atoms with Gasteiger partial charge < -0.3 is 5.32 Å². The van der Waals surface area contributed by atoms with E-state index >= 15 is 0 Å². The molecule has 0 bridgehead atoms. The van der Waals surface area contributed by atoms with Gasteiger partial charge in [-0.25, -0.2) is 8.78 Å². The van der Waals surface area contributed by atoms with E-state index in [2.05, 4.69) is 10.3 Å². The fourth-order valence-electron chi connectivity index (χ4n) is 1.77. The van der Waals surface area contributed by atoms with E-state index in [9.17, 15) is 8.78 Å². The van der Waals surface area contributed by atoms with Gasteiger partial charge in [0.15, 0.2) is 11.6 Å². The lowest BCUT2D eigenvalue weighted by atomic mass is 10.1. The number of benzene rings is 1. The summed E-state index contributed by atoms with van der Waals surface area (Å²) in [4.78, 5) is 5.13. The van der Waals surface area contributed by atoms with Crippen molar-refractivity contribution in [2.45, 2.75) is 25.9 Å². The zero-order chi connectivity index (χ0) is 13.1. The van der Waals surface area contributed by atoms with Gasteiger partial charge in [0.2, 0.25) is 0 Å². The number of rotatable bonds is 4. The predicted octanol–water partition coefficient (Wildman–Crippen LogP) is 3.83. The lowest BCUT2D eigenvalue weighted by molar-refractivity contribution is 0.483. The van der Waals surface area contributed by atoms with E-state index < -0.39 is 11.6 Å². The molecule has 2 nitrogen and oxygen atoms in total. The maximum Gasteiger partial charge on any atom is 0.159 e. The van der Waals surface area contributed by atoms with Gasteiger partial charge in [-0.15, -0.1) is 11.3 Å². The van der Waals surface area contributed by atoms with Crippen molar-refractivity contribution in [3.63, 3.8) is 0 Å². The van der Waals surface area contributed by atoms with Crippen molar-refractivity contribution in [3.8, 4) is 0 Å². The Morgan fingerprint density at radius 3 is 2.56 bits per heavy atom. The summed E-state index contributed by atoms with van der Waals surface area (Å²) in [6, 6.07) is 4.04. The molecule has 1 heterocycles. The molecule has 0 aliphatic heterocycles. The first-order chi connectivity index (χ1) is 8.58. The Hall–Kier alpha value is -1.33. The molecular formula is C13H14F2N2S. The summed E-state index contributed by atoms with van der Waals surface area (Å²) in [5.41, 5.74) is 2.50. The van der Waals surface area contributed by atoms with E-state index in [4.69, 9.17) is 0 Å². The monoisotopic (exact) mass is 268 g/mol. The number of hydrogen-bond donors (Lipinski definition) is 1. The van der Waals surface area contributed by atoms with Crippen LogP contribution in [0.25, 0.3) is 0 Å². The molecule has 1 aromatic heterocycles. The zero-order valence-electron chi connectivity index (χ0n) is 10.2. The van der Waals surface area contributed by atoms with Gasteiger partial charge in [-0.1, -0.05) is 6.07 Å². The van der Waals surface area contributed by atoms with Gasteiger partial charge in [-0.3, -0.25) is 4.98 Å². The van der Waals surface area contributed by atoms with Crippen LogP contribution < -0.4 is 5.32 Å². The minimum atomic E-state index is -0.818.